The Morgan fingerprint density at radius 3 is 2.29 bits per heavy atom. The molecule has 0 aromatic carbocycles. The van der Waals surface area contributed by atoms with Crippen LogP contribution in [0, 0.1) is 5.41 Å². The van der Waals surface area contributed by atoms with E-state index in [-0.39, 0.29) is 0 Å². The van der Waals surface area contributed by atoms with Gasteiger partial charge in [-0.25, -0.2) is 8.42 Å². The SMILES string of the molecule is CC1(C(=O)NS(C)(=O)=O)CCOCC1. The lowest BCUT2D eigenvalue weighted by atomic mass is 9.82. The average Bonchev–Trinajstić information content (AvgIpc) is 2.02. The molecule has 0 atom stereocenters. The maximum Gasteiger partial charge on any atom is 0.239 e. The molecule has 1 rings (SSSR count). The smallest absolute Gasteiger partial charge is 0.239 e. The molecule has 5 nitrogen and oxygen atoms in total. The second-order valence-corrected chi connectivity index (χ2v) is 5.62. The molecular formula is C8H15NO4S. The summed E-state index contributed by atoms with van der Waals surface area (Å²) in [5.74, 6) is -0.428. The fourth-order valence-corrected chi connectivity index (χ4v) is 1.92. The van der Waals surface area contributed by atoms with Crippen molar-refractivity contribution in [3.05, 3.63) is 0 Å². The van der Waals surface area contributed by atoms with Gasteiger partial charge >= 0.3 is 0 Å². The van der Waals surface area contributed by atoms with Crippen LogP contribution in [0.2, 0.25) is 0 Å². The zero-order valence-electron chi connectivity index (χ0n) is 8.37. The summed E-state index contributed by atoms with van der Waals surface area (Å²) in [4.78, 5) is 11.6. The van der Waals surface area contributed by atoms with Crippen molar-refractivity contribution < 1.29 is 17.9 Å². The van der Waals surface area contributed by atoms with Gasteiger partial charge in [-0.15, -0.1) is 0 Å². The normalized spacial score (nSPS) is 21.6. The molecule has 0 radical (unpaired) electrons. The molecule has 1 saturated heterocycles. The Hall–Kier alpha value is -0.620. The van der Waals surface area contributed by atoms with Crippen LogP contribution in [-0.4, -0.2) is 33.8 Å². The van der Waals surface area contributed by atoms with Crippen LogP contribution < -0.4 is 4.72 Å². The van der Waals surface area contributed by atoms with E-state index in [1.165, 1.54) is 0 Å². The van der Waals surface area contributed by atoms with Gasteiger partial charge < -0.3 is 4.74 Å². The average molecular weight is 221 g/mol. The highest BCUT2D eigenvalue weighted by Crippen LogP contribution is 2.29. The second kappa shape index (κ2) is 3.86. The topological polar surface area (TPSA) is 72.5 Å². The Morgan fingerprint density at radius 1 is 1.36 bits per heavy atom. The summed E-state index contributed by atoms with van der Waals surface area (Å²) in [5, 5.41) is 0. The molecule has 0 aromatic heterocycles. The van der Waals surface area contributed by atoms with Gasteiger partial charge in [-0.1, -0.05) is 6.92 Å². The Labute approximate surface area is 83.9 Å². The number of rotatable bonds is 2. The summed E-state index contributed by atoms with van der Waals surface area (Å²) in [6.07, 6.45) is 2.11. The molecule has 1 aliphatic heterocycles. The van der Waals surface area contributed by atoms with Crippen LogP contribution in [0.15, 0.2) is 0 Å². The van der Waals surface area contributed by atoms with E-state index in [4.69, 9.17) is 4.74 Å². The standard InChI is InChI=1S/C8H15NO4S/c1-8(3-5-13-6-4-8)7(10)9-14(2,11)12/h3-6H2,1-2H3,(H,9,10). The lowest BCUT2D eigenvalue weighted by molar-refractivity contribution is -0.133. The molecule has 0 bridgehead atoms. The maximum absolute atomic E-state index is 11.6. The van der Waals surface area contributed by atoms with E-state index in [0.29, 0.717) is 26.1 Å². The molecule has 1 aliphatic rings. The molecule has 1 amide bonds. The van der Waals surface area contributed by atoms with Gasteiger partial charge in [-0.2, -0.15) is 0 Å². The molecule has 1 fully saturated rings. The summed E-state index contributed by atoms with van der Waals surface area (Å²) < 4.78 is 28.8. The second-order valence-electron chi connectivity index (χ2n) is 3.88. The van der Waals surface area contributed by atoms with E-state index in [1.54, 1.807) is 6.92 Å². The maximum atomic E-state index is 11.6. The number of carbonyl (C=O) groups is 1. The van der Waals surface area contributed by atoms with Crippen molar-refractivity contribution in [2.24, 2.45) is 5.41 Å². The fraction of sp³-hybridized carbons (Fsp3) is 0.875. The van der Waals surface area contributed by atoms with E-state index in [2.05, 4.69) is 0 Å². The zero-order valence-corrected chi connectivity index (χ0v) is 9.19. The minimum absolute atomic E-state index is 0.428. The van der Waals surface area contributed by atoms with E-state index >= 15 is 0 Å². The van der Waals surface area contributed by atoms with Crippen LogP contribution in [0.4, 0.5) is 0 Å². The van der Waals surface area contributed by atoms with Gasteiger partial charge in [-0.05, 0) is 12.8 Å². The summed E-state index contributed by atoms with van der Waals surface area (Å²) in [5.41, 5.74) is -0.610. The Bertz CT molecular complexity index is 316. The predicted octanol–water partition coefficient (Wildman–Crippen LogP) is -0.121. The minimum atomic E-state index is -3.45. The number of hydrogen-bond donors (Lipinski definition) is 1. The number of carbonyl (C=O) groups excluding carboxylic acids is 1. The van der Waals surface area contributed by atoms with Crippen LogP contribution in [-0.2, 0) is 19.6 Å². The van der Waals surface area contributed by atoms with Crippen LogP contribution in [0.25, 0.3) is 0 Å². The van der Waals surface area contributed by atoms with E-state index in [9.17, 15) is 13.2 Å². The number of sulfonamides is 1. The molecule has 82 valence electrons. The summed E-state index contributed by atoms with van der Waals surface area (Å²) in [7, 11) is -3.45. The van der Waals surface area contributed by atoms with Crippen molar-refractivity contribution in [1.29, 1.82) is 0 Å². The largest absolute Gasteiger partial charge is 0.381 e. The Kier molecular flexibility index (Phi) is 3.16. The van der Waals surface area contributed by atoms with Crippen molar-refractivity contribution >= 4 is 15.9 Å². The summed E-state index contributed by atoms with van der Waals surface area (Å²) >= 11 is 0. The molecule has 0 aliphatic carbocycles. The molecule has 6 heteroatoms. The van der Waals surface area contributed by atoms with Crippen LogP contribution in [0.5, 0.6) is 0 Å². The monoisotopic (exact) mass is 221 g/mol. The number of nitrogens with one attached hydrogen (secondary N) is 1. The van der Waals surface area contributed by atoms with Gasteiger partial charge in [0.1, 0.15) is 0 Å². The van der Waals surface area contributed by atoms with Gasteiger partial charge in [0.25, 0.3) is 0 Å². The molecular weight excluding hydrogens is 206 g/mol. The lowest BCUT2D eigenvalue weighted by Crippen LogP contribution is -2.44. The van der Waals surface area contributed by atoms with E-state index in [1.807, 2.05) is 4.72 Å². The zero-order chi connectivity index (χ0) is 10.8. The molecule has 0 unspecified atom stereocenters. The van der Waals surface area contributed by atoms with Crippen molar-refractivity contribution in [2.45, 2.75) is 19.8 Å². The molecule has 1 heterocycles. The van der Waals surface area contributed by atoms with Crippen molar-refractivity contribution in [3.63, 3.8) is 0 Å². The number of amides is 1. The highest BCUT2D eigenvalue weighted by Gasteiger charge is 2.36. The third-order valence-corrected chi connectivity index (χ3v) is 2.98. The van der Waals surface area contributed by atoms with Gasteiger partial charge in [-0.3, -0.25) is 9.52 Å². The van der Waals surface area contributed by atoms with Gasteiger partial charge in [0.2, 0.25) is 15.9 Å². The molecule has 0 saturated carbocycles. The first-order valence-corrected chi connectivity index (χ1v) is 6.33. The van der Waals surface area contributed by atoms with Gasteiger partial charge in [0.15, 0.2) is 0 Å². The lowest BCUT2D eigenvalue weighted by Gasteiger charge is -2.31. The molecule has 1 N–H and O–H groups in total. The van der Waals surface area contributed by atoms with Crippen molar-refractivity contribution in [1.82, 2.24) is 4.72 Å². The van der Waals surface area contributed by atoms with E-state index < -0.39 is 21.3 Å². The van der Waals surface area contributed by atoms with Crippen LogP contribution in [0.1, 0.15) is 19.8 Å². The Balaban J connectivity index is 2.67. The van der Waals surface area contributed by atoms with Crippen molar-refractivity contribution in [3.8, 4) is 0 Å². The first kappa shape index (κ1) is 11.5. The third kappa shape index (κ3) is 2.95. The molecule has 0 spiro atoms. The number of ether oxygens (including phenoxy) is 1. The van der Waals surface area contributed by atoms with Crippen molar-refractivity contribution in [2.75, 3.05) is 19.5 Å². The molecule has 0 aromatic rings. The fourth-order valence-electron chi connectivity index (χ4n) is 1.34. The first-order valence-electron chi connectivity index (χ1n) is 4.43. The van der Waals surface area contributed by atoms with Crippen LogP contribution in [0.3, 0.4) is 0 Å². The summed E-state index contributed by atoms with van der Waals surface area (Å²) in [6, 6.07) is 0. The van der Waals surface area contributed by atoms with Gasteiger partial charge in [0, 0.05) is 13.2 Å². The molecule has 14 heavy (non-hydrogen) atoms. The minimum Gasteiger partial charge on any atom is -0.381 e. The van der Waals surface area contributed by atoms with Crippen LogP contribution >= 0.6 is 0 Å². The third-order valence-electron chi connectivity index (χ3n) is 2.42. The highest BCUT2D eigenvalue weighted by atomic mass is 32.2. The summed E-state index contributed by atoms with van der Waals surface area (Å²) in [6.45, 7) is 2.78. The quantitative estimate of drug-likeness (QED) is 0.705. The number of hydrogen-bond acceptors (Lipinski definition) is 4. The highest BCUT2D eigenvalue weighted by molar-refractivity contribution is 7.89. The first-order chi connectivity index (χ1) is 6.33. The van der Waals surface area contributed by atoms with Gasteiger partial charge in [0.05, 0.1) is 11.7 Å². The predicted molar refractivity (Wildman–Crippen MR) is 51.1 cm³/mol. The van der Waals surface area contributed by atoms with E-state index in [0.717, 1.165) is 6.26 Å². The Morgan fingerprint density at radius 2 is 1.86 bits per heavy atom.